The van der Waals surface area contributed by atoms with Gasteiger partial charge in [0.1, 0.15) is 5.82 Å². The molecular weight excluding hydrogens is 314 g/mol. The Kier molecular flexibility index (Phi) is 7.19. The van der Waals surface area contributed by atoms with Gasteiger partial charge in [-0.05, 0) is 31.5 Å². The molecule has 0 unspecified atom stereocenters. The number of para-hydroxylation sites is 1. The van der Waals surface area contributed by atoms with E-state index in [9.17, 15) is 4.79 Å². The molecule has 1 aromatic carbocycles. The molecule has 7 heteroatoms. The number of halogens is 1. The quantitative estimate of drug-likeness (QED) is 0.792. The minimum atomic E-state index is -0.251. The summed E-state index contributed by atoms with van der Waals surface area (Å²) >= 11 is 0. The number of rotatable bonds is 6. The largest absolute Gasteiger partial charge is 0.348 e. The van der Waals surface area contributed by atoms with Gasteiger partial charge in [0, 0.05) is 13.1 Å². The maximum atomic E-state index is 12.1. The number of aromatic nitrogens is 3. The first kappa shape index (κ1) is 19.1. The lowest BCUT2D eigenvalue weighted by molar-refractivity contribution is 0.0944. The van der Waals surface area contributed by atoms with E-state index < -0.39 is 0 Å². The molecule has 23 heavy (non-hydrogen) atoms. The summed E-state index contributed by atoms with van der Waals surface area (Å²) in [6.07, 6.45) is 0. The zero-order valence-electron chi connectivity index (χ0n) is 14.0. The van der Waals surface area contributed by atoms with Gasteiger partial charge in [0.25, 0.3) is 5.91 Å². The molecule has 6 nitrogen and oxygen atoms in total. The van der Waals surface area contributed by atoms with Gasteiger partial charge < -0.3 is 10.6 Å². The monoisotopic (exact) mass is 337 g/mol. The van der Waals surface area contributed by atoms with E-state index in [4.69, 9.17) is 0 Å². The van der Waals surface area contributed by atoms with Crippen LogP contribution in [0.15, 0.2) is 24.3 Å². The first-order valence-electron chi connectivity index (χ1n) is 7.50. The summed E-state index contributed by atoms with van der Waals surface area (Å²) in [4.78, 5) is 16.3. The van der Waals surface area contributed by atoms with Crippen molar-refractivity contribution in [2.45, 2.75) is 26.7 Å². The lowest BCUT2D eigenvalue weighted by atomic mass is 10.0. The van der Waals surface area contributed by atoms with Crippen molar-refractivity contribution >= 4 is 18.3 Å². The number of nitrogens with one attached hydrogen (secondary N) is 2. The summed E-state index contributed by atoms with van der Waals surface area (Å²) in [6.45, 7) is 7.38. The Morgan fingerprint density at radius 2 is 1.96 bits per heavy atom. The number of carbonyl (C=O) groups is 1. The van der Waals surface area contributed by atoms with Crippen LogP contribution in [0.4, 0.5) is 0 Å². The van der Waals surface area contributed by atoms with Crippen LogP contribution in [0.3, 0.4) is 0 Å². The van der Waals surface area contributed by atoms with Crippen LogP contribution < -0.4 is 10.6 Å². The number of nitrogens with zero attached hydrogens (tertiary/aromatic N) is 3. The van der Waals surface area contributed by atoms with Crippen LogP contribution in [0.5, 0.6) is 0 Å². The van der Waals surface area contributed by atoms with Gasteiger partial charge in [-0.2, -0.15) is 0 Å². The molecule has 0 saturated carbocycles. The lowest BCUT2D eigenvalue weighted by Crippen LogP contribution is -2.31. The number of hydrogen-bond donors (Lipinski definition) is 2. The van der Waals surface area contributed by atoms with E-state index in [0.29, 0.717) is 24.8 Å². The van der Waals surface area contributed by atoms with Crippen LogP contribution in [-0.2, 0) is 0 Å². The van der Waals surface area contributed by atoms with Gasteiger partial charge in [0.15, 0.2) is 0 Å². The second-order valence-electron chi connectivity index (χ2n) is 5.47. The molecule has 2 rings (SSSR count). The van der Waals surface area contributed by atoms with Crippen LogP contribution in [-0.4, -0.2) is 40.8 Å². The number of hydrogen-bond acceptors (Lipinski definition) is 4. The van der Waals surface area contributed by atoms with E-state index in [1.54, 1.807) is 4.68 Å². The van der Waals surface area contributed by atoms with Gasteiger partial charge in [-0.1, -0.05) is 32.0 Å². The standard InChI is InChI=1S/C16H23N5O.ClH/c1-11(2)13-7-5-6-8-14(13)21-12(3)19-15(20-21)16(22)18-10-9-17-4;/h5-8,11,17H,9-10H2,1-4H3,(H,18,22);1H. The summed E-state index contributed by atoms with van der Waals surface area (Å²) in [7, 11) is 1.84. The Morgan fingerprint density at radius 1 is 1.26 bits per heavy atom. The minimum absolute atomic E-state index is 0. The van der Waals surface area contributed by atoms with E-state index in [0.717, 1.165) is 5.69 Å². The van der Waals surface area contributed by atoms with Crippen molar-refractivity contribution in [2.24, 2.45) is 0 Å². The third-order valence-electron chi connectivity index (χ3n) is 3.42. The molecule has 2 aromatic rings. The van der Waals surface area contributed by atoms with E-state index in [2.05, 4.69) is 40.6 Å². The Hall–Kier alpha value is -1.92. The Morgan fingerprint density at radius 3 is 2.61 bits per heavy atom. The zero-order valence-corrected chi connectivity index (χ0v) is 14.8. The molecule has 1 heterocycles. The third-order valence-corrected chi connectivity index (χ3v) is 3.42. The average Bonchev–Trinajstić information content (AvgIpc) is 2.89. The summed E-state index contributed by atoms with van der Waals surface area (Å²) in [5.74, 6) is 1.02. The fourth-order valence-corrected chi connectivity index (χ4v) is 2.26. The minimum Gasteiger partial charge on any atom is -0.348 e. The van der Waals surface area contributed by atoms with Crippen LogP contribution >= 0.6 is 12.4 Å². The van der Waals surface area contributed by atoms with Crippen molar-refractivity contribution in [1.29, 1.82) is 0 Å². The molecule has 0 bridgehead atoms. The normalized spacial score (nSPS) is 10.5. The lowest BCUT2D eigenvalue weighted by Gasteiger charge is -2.12. The first-order valence-corrected chi connectivity index (χ1v) is 7.50. The topological polar surface area (TPSA) is 71.8 Å². The van der Waals surface area contributed by atoms with Gasteiger partial charge in [0.2, 0.25) is 5.82 Å². The Labute approximate surface area is 143 Å². The van der Waals surface area contributed by atoms with Gasteiger partial charge in [-0.3, -0.25) is 4.79 Å². The summed E-state index contributed by atoms with van der Waals surface area (Å²) in [5.41, 5.74) is 2.15. The van der Waals surface area contributed by atoms with Crippen molar-refractivity contribution in [1.82, 2.24) is 25.4 Å². The average molecular weight is 338 g/mol. The number of benzene rings is 1. The number of aryl methyl sites for hydroxylation is 1. The van der Waals surface area contributed by atoms with Crippen LogP contribution in [0.25, 0.3) is 5.69 Å². The van der Waals surface area contributed by atoms with Crippen LogP contribution in [0.2, 0.25) is 0 Å². The van der Waals surface area contributed by atoms with Crippen molar-refractivity contribution in [3.63, 3.8) is 0 Å². The van der Waals surface area contributed by atoms with Gasteiger partial charge in [-0.15, -0.1) is 17.5 Å². The highest BCUT2D eigenvalue weighted by Crippen LogP contribution is 2.23. The molecule has 0 spiro atoms. The zero-order chi connectivity index (χ0) is 16.1. The summed E-state index contributed by atoms with van der Waals surface area (Å²) in [5, 5.41) is 10.1. The maximum Gasteiger partial charge on any atom is 0.291 e. The predicted molar refractivity (Wildman–Crippen MR) is 93.7 cm³/mol. The second-order valence-corrected chi connectivity index (χ2v) is 5.47. The summed E-state index contributed by atoms with van der Waals surface area (Å²) < 4.78 is 1.74. The molecule has 0 aliphatic carbocycles. The molecule has 0 aliphatic heterocycles. The molecule has 0 aliphatic rings. The highest BCUT2D eigenvalue weighted by molar-refractivity contribution is 5.90. The van der Waals surface area contributed by atoms with Crippen molar-refractivity contribution < 1.29 is 4.79 Å². The van der Waals surface area contributed by atoms with Gasteiger partial charge in [0.05, 0.1) is 5.69 Å². The van der Waals surface area contributed by atoms with Crippen molar-refractivity contribution in [3.05, 3.63) is 41.5 Å². The van der Waals surface area contributed by atoms with Crippen molar-refractivity contribution in [3.8, 4) is 5.69 Å². The second kappa shape index (κ2) is 8.64. The van der Waals surface area contributed by atoms with Gasteiger partial charge in [-0.25, -0.2) is 9.67 Å². The first-order chi connectivity index (χ1) is 10.5. The highest BCUT2D eigenvalue weighted by Gasteiger charge is 2.17. The Bertz CT molecular complexity index is 654. The van der Waals surface area contributed by atoms with Crippen LogP contribution in [0, 0.1) is 6.92 Å². The van der Waals surface area contributed by atoms with E-state index in [1.165, 1.54) is 5.56 Å². The fraction of sp³-hybridized carbons (Fsp3) is 0.438. The molecule has 0 fully saturated rings. The molecular formula is C16H24ClN5O. The molecule has 0 radical (unpaired) electrons. The predicted octanol–water partition coefficient (Wildman–Crippen LogP) is 2.07. The van der Waals surface area contributed by atoms with Crippen molar-refractivity contribution in [2.75, 3.05) is 20.1 Å². The molecule has 0 saturated heterocycles. The molecule has 1 aromatic heterocycles. The number of carbonyl (C=O) groups excluding carboxylic acids is 1. The number of likely N-dealkylation sites (N-methyl/N-ethyl adjacent to an activating group) is 1. The molecule has 2 N–H and O–H groups in total. The SMILES string of the molecule is CNCCNC(=O)c1nc(C)n(-c2ccccc2C(C)C)n1.Cl. The Balaban J connectivity index is 0.00000264. The molecule has 0 atom stereocenters. The van der Waals surface area contributed by atoms with E-state index >= 15 is 0 Å². The molecule has 126 valence electrons. The summed E-state index contributed by atoms with van der Waals surface area (Å²) in [6, 6.07) is 8.05. The highest BCUT2D eigenvalue weighted by atomic mass is 35.5. The smallest absolute Gasteiger partial charge is 0.291 e. The number of amides is 1. The third kappa shape index (κ3) is 4.53. The molecule has 1 amide bonds. The van der Waals surface area contributed by atoms with Crippen LogP contribution in [0.1, 0.15) is 41.8 Å². The van der Waals surface area contributed by atoms with E-state index in [1.807, 2.05) is 32.2 Å². The maximum absolute atomic E-state index is 12.1. The fourth-order valence-electron chi connectivity index (χ4n) is 2.26. The van der Waals surface area contributed by atoms with E-state index in [-0.39, 0.29) is 24.1 Å². The van der Waals surface area contributed by atoms with Gasteiger partial charge >= 0.3 is 0 Å².